The molecule has 0 spiro atoms. The Labute approximate surface area is 113 Å². The van der Waals surface area contributed by atoms with Crippen molar-refractivity contribution in [1.82, 2.24) is 0 Å². The molecule has 0 aromatic heterocycles. The van der Waals surface area contributed by atoms with E-state index in [2.05, 4.69) is 20.8 Å². The first-order valence-corrected chi connectivity index (χ1v) is 7.92. The van der Waals surface area contributed by atoms with E-state index in [0.29, 0.717) is 6.61 Å². The number of rotatable bonds is 12. The predicted molar refractivity (Wildman–Crippen MR) is 77.6 cm³/mol. The lowest BCUT2D eigenvalue weighted by Gasteiger charge is -2.14. The molecule has 2 heteroatoms. The number of hydrogen-bond donors (Lipinski definition) is 0. The van der Waals surface area contributed by atoms with Gasteiger partial charge in [-0.05, 0) is 19.3 Å². The lowest BCUT2D eigenvalue weighted by Crippen LogP contribution is -2.18. The summed E-state index contributed by atoms with van der Waals surface area (Å²) in [7, 11) is 0. The first kappa shape index (κ1) is 17.5. The Morgan fingerprint density at radius 1 is 0.833 bits per heavy atom. The lowest BCUT2D eigenvalue weighted by molar-refractivity contribution is -0.149. The molecule has 0 bridgehead atoms. The third-order valence-corrected chi connectivity index (χ3v) is 3.35. The Hall–Kier alpha value is -0.530. The molecular weight excluding hydrogens is 224 g/mol. The summed E-state index contributed by atoms with van der Waals surface area (Å²) in [5.74, 6) is 0.173. The minimum Gasteiger partial charge on any atom is -0.465 e. The Balaban J connectivity index is 3.54. The molecule has 0 amide bonds. The maximum atomic E-state index is 11.8. The number of carbonyl (C=O) groups excluding carboxylic acids is 1. The van der Waals surface area contributed by atoms with Crippen molar-refractivity contribution < 1.29 is 9.53 Å². The smallest absolute Gasteiger partial charge is 0.308 e. The molecule has 0 rings (SSSR count). The summed E-state index contributed by atoms with van der Waals surface area (Å²) in [5, 5.41) is 0. The molecule has 0 saturated carbocycles. The first-order valence-electron chi connectivity index (χ1n) is 7.92. The molecule has 0 saturated heterocycles. The van der Waals surface area contributed by atoms with Crippen LogP contribution in [0.15, 0.2) is 0 Å². The van der Waals surface area contributed by atoms with Gasteiger partial charge in [0.05, 0.1) is 12.5 Å². The van der Waals surface area contributed by atoms with E-state index < -0.39 is 0 Å². The van der Waals surface area contributed by atoms with Crippen molar-refractivity contribution in [3.63, 3.8) is 0 Å². The third-order valence-electron chi connectivity index (χ3n) is 3.35. The number of ether oxygens (including phenoxy) is 1. The van der Waals surface area contributed by atoms with Crippen LogP contribution in [0.5, 0.6) is 0 Å². The van der Waals surface area contributed by atoms with Crippen molar-refractivity contribution in [2.75, 3.05) is 6.61 Å². The highest BCUT2D eigenvalue weighted by Crippen LogP contribution is 2.15. The molecule has 0 unspecified atom stereocenters. The Morgan fingerprint density at radius 3 is 1.94 bits per heavy atom. The van der Waals surface area contributed by atoms with Crippen LogP contribution in [0, 0.1) is 5.92 Å². The summed E-state index contributed by atoms with van der Waals surface area (Å²) in [6.45, 7) is 7.10. The van der Waals surface area contributed by atoms with Gasteiger partial charge >= 0.3 is 5.97 Å². The fourth-order valence-electron chi connectivity index (χ4n) is 2.25. The molecule has 0 aliphatic rings. The minimum atomic E-state index is 0.0345. The summed E-state index contributed by atoms with van der Waals surface area (Å²) in [6.07, 6.45) is 11.5. The topological polar surface area (TPSA) is 26.3 Å². The van der Waals surface area contributed by atoms with Crippen LogP contribution in [-0.4, -0.2) is 12.6 Å². The molecular formula is C16H32O2. The average molecular weight is 256 g/mol. The quantitative estimate of drug-likeness (QED) is 0.358. The molecule has 0 heterocycles. The second kappa shape index (κ2) is 12.9. The highest BCUT2D eigenvalue weighted by atomic mass is 16.5. The number of carbonyl (C=O) groups is 1. The van der Waals surface area contributed by atoms with Crippen molar-refractivity contribution in [1.29, 1.82) is 0 Å². The molecule has 0 aromatic carbocycles. The molecule has 2 nitrogen and oxygen atoms in total. The van der Waals surface area contributed by atoms with Gasteiger partial charge in [-0.2, -0.15) is 0 Å². The molecule has 0 fully saturated rings. The molecule has 0 aliphatic heterocycles. The fraction of sp³-hybridized carbons (Fsp3) is 0.938. The van der Waals surface area contributed by atoms with E-state index in [1.807, 2.05) is 0 Å². The summed E-state index contributed by atoms with van der Waals surface area (Å²) in [6, 6.07) is 0. The van der Waals surface area contributed by atoms with Crippen molar-refractivity contribution in [2.24, 2.45) is 5.92 Å². The van der Waals surface area contributed by atoms with Gasteiger partial charge in [-0.3, -0.25) is 4.79 Å². The van der Waals surface area contributed by atoms with Crippen molar-refractivity contribution in [2.45, 2.75) is 85.0 Å². The third kappa shape index (κ3) is 9.49. The van der Waals surface area contributed by atoms with Crippen LogP contribution < -0.4 is 0 Å². The van der Waals surface area contributed by atoms with Gasteiger partial charge in [-0.15, -0.1) is 0 Å². The zero-order valence-electron chi connectivity index (χ0n) is 12.7. The first-order chi connectivity index (χ1) is 8.76. The Kier molecular flexibility index (Phi) is 12.5. The van der Waals surface area contributed by atoms with E-state index in [0.717, 1.165) is 32.1 Å². The monoisotopic (exact) mass is 256 g/mol. The van der Waals surface area contributed by atoms with Crippen molar-refractivity contribution in [3.05, 3.63) is 0 Å². The van der Waals surface area contributed by atoms with E-state index in [4.69, 9.17) is 4.74 Å². The van der Waals surface area contributed by atoms with Gasteiger partial charge in [0.1, 0.15) is 0 Å². The van der Waals surface area contributed by atoms with Crippen LogP contribution in [-0.2, 0) is 9.53 Å². The molecule has 0 aliphatic carbocycles. The van der Waals surface area contributed by atoms with Crippen LogP contribution in [0.1, 0.15) is 85.0 Å². The van der Waals surface area contributed by atoms with Crippen LogP contribution in [0.25, 0.3) is 0 Å². The average Bonchev–Trinajstić information content (AvgIpc) is 2.37. The van der Waals surface area contributed by atoms with Crippen LogP contribution >= 0.6 is 0 Å². The Morgan fingerprint density at radius 2 is 1.39 bits per heavy atom. The highest BCUT2D eigenvalue weighted by Gasteiger charge is 2.17. The van der Waals surface area contributed by atoms with Gasteiger partial charge in [-0.25, -0.2) is 0 Å². The van der Waals surface area contributed by atoms with Crippen molar-refractivity contribution in [3.8, 4) is 0 Å². The van der Waals surface area contributed by atoms with Gasteiger partial charge < -0.3 is 4.74 Å². The SMILES string of the molecule is CCCCCCCCOC(=O)C(CCC)CCC. The predicted octanol–water partition coefficient (Wildman–Crippen LogP) is 5.11. The highest BCUT2D eigenvalue weighted by molar-refractivity contribution is 5.72. The summed E-state index contributed by atoms with van der Waals surface area (Å²) < 4.78 is 5.38. The van der Waals surface area contributed by atoms with Crippen LogP contribution in [0.4, 0.5) is 0 Å². The van der Waals surface area contributed by atoms with Crippen LogP contribution in [0.3, 0.4) is 0 Å². The molecule has 0 N–H and O–H groups in total. The molecule has 18 heavy (non-hydrogen) atoms. The molecule has 0 atom stereocenters. The van der Waals surface area contributed by atoms with Gasteiger partial charge in [-0.1, -0.05) is 65.7 Å². The largest absolute Gasteiger partial charge is 0.465 e. The van der Waals surface area contributed by atoms with E-state index in [1.54, 1.807) is 0 Å². The molecule has 0 radical (unpaired) electrons. The Bertz CT molecular complexity index is 184. The second-order valence-corrected chi connectivity index (χ2v) is 5.21. The summed E-state index contributed by atoms with van der Waals surface area (Å²) >= 11 is 0. The zero-order valence-corrected chi connectivity index (χ0v) is 12.7. The minimum absolute atomic E-state index is 0.0345. The molecule has 0 aromatic rings. The van der Waals surface area contributed by atoms with Gasteiger partial charge in [0.25, 0.3) is 0 Å². The number of hydrogen-bond acceptors (Lipinski definition) is 2. The maximum Gasteiger partial charge on any atom is 0.308 e. The molecule has 108 valence electrons. The van der Waals surface area contributed by atoms with E-state index >= 15 is 0 Å². The number of unbranched alkanes of at least 4 members (excludes halogenated alkanes) is 5. The van der Waals surface area contributed by atoms with Gasteiger partial charge in [0, 0.05) is 0 Å². The van der Waals surface area contributed by atoms with E-state index in [-0.39, 0.29) is 11.9 Å². The standard InChI is InChI=1S/C16H32O2/c1-4-7-8-9-10-11-14-18-16(17)15(12-5-2)13-6-3/h15H,4-14H2,1-3H3. The lowest BCUT2D eigenvalue weighted by atomic mass is 9.99. The van der Waals surface area contributed by atoms with E-state index in [9.17, 15) is 4.79 Å². The zero-order chi connectivity index (χ0) is 13.6. The fourth-order valence-corrected chi connectivity index (χ4v) is 2.25. The van der Waals surface area contributed by atoms with Gasteiger partial charge in [0.15, 0.2) is 0 Å². The maximum absolute atomic E-state index is 11.8. The van der Waals surface area contributed by atoms with E-state index in [1.165, 1.54) is 32.1 Å². The normalized spacial score (nSPS) is 10.9. The van der Waals surface area contributed by atoms with Crippen molar-refractivity contribution >= 4 is 5.97 Å². The summed E-state index contributed by atoms with van der Waals surface area (Å²) in [4.78, 5) is 11.8. The summed E-state index contributed by atoms with van der Waals surface area (Å²) in [5.41, 5.74) is 0. The van der Waals surface area contributed by atoms with Gasteiger partial charge in [0.2, 0.25) is 0 Å². The number of esters is 1. The second-order valence-electron chi connectivity index (χ2n) is 5.21. The van der Waals surface area contributed by atoms with Crippen LogP contribution in [0.2, 0.25) is 0 Å².